The van der Waals surface area contributed by atoms with E-state index in [9.17, 15) is 14.9 Å². The summed E-state index contributed by atoms with van der Waals surface area (Å²) in [6, 6.07) is 13.4. The number of fused-ring (bicyclic) bond motifs is 1. The minimum atomic E-state index is -0.454. The zero-order chi connectivity index (χ0) is 13.4. The van der Waals surface area contributed by atoms with Crippen LogP contribution in [0.2, 0.25) is 0 Å². The molecule has 5 heteroatoms. The molecule has 2 aromatic rings. The van der Waals surface area contributed by atoms with Gasteiger partial charge < -0.3 is 4.90 Å². The van der Waals surface area contributed by atoms with Crippen molar-refractivity contribution >= 4 is 17.3 Å². The van der Waals surface area contributed by atoms with Crippen molar-refractivity contribution in [2.24, 2.45) is 0 Å². The summed E-state index contributed by atoms with van der Waals surface area (Å²) in [7, 11) is 0. The Kier molecular flexibility index (Phi) is 2.52. The molecule has 94 valence electrons. The number of benzene rings is 2. The van der Waals surface area contributed by atoms with Crippen LogP contribution in [0, 0.1) is 10.1 Å². The second-order valence-corrected chi connectivity index (χ2v) is 4.32. The number of hydrogen-bond acceptors (Lipinski definition) is 3. The lowest BCUT2D eigenvalue weighted by Crippen LogP contribution is -2.22. The van der Waals surface area contributed by atoms with Crippen LogP contribution in [-0.4, -0.2) is 10.8 Å². The van der Waals surface area contributed by atoms with Crippen LogP contribution >= 0.6 is 0 Å². The third-order valence-corrected chi connectivity index (χ3v) is 3.19. The van der Waals surface area contributed by atoms with Gasteiger partial charge in [0.15, 0.2) is 0 Å². The maximum absolute atomic E-state index is 12.2. The first-order valence-corrected chi connectivity index (χ1v) is 5.81. The molecule has 0 fully saturated rings. The van der Waals surface area contributed by atoms with Crippen LogP contribution in [0.3, 0.4) is 0 Å². The predicted molar refractivity (Wildman–Crippen MR) is 70.1 cm³/mol. The van der Waals surface area contributed by atoms with E-state index in [0.717, 1.165) is 5.56 Å². The summed E-state index contributed by atoms with van der Waals surface area (Å²) in [5, 5.41) is 10.6. The van der Waals surface area contributed by atoms with Crippen molar-refractivity contribution in [2.45, 2.75) is 6.54 Å². The van der Waals surface area contributed by atoms with Crippen LogP contribution in [0.25, 0.3) is 0 Å². The number of hydrogen-bond donors (Lipinski definition) is 0. The van der Waals surface area contributed by atoms with Gasteiger partial charge in [-0.1, -0.05) is 18.2 Å². The molecular weight excluding hydrogens is 244 g/mol. The second-order valence-electron chi connectivity index (χ2n) is 4.32. The van der Waals surface area contributed by atoms with E-state index in [1.165, 1.54) is 12.1 Å². The van der Waals surface area contributed by atoms with Crippen LogP contribution in [0.1, 0.15) is 15.9 Å². The Labute approximate surface area is 109 Å². The summed E-state index contributed by atoms with van der Waals surface area (Å²) < 4.78 is 0. The zero-order valence-corrected chi connectivity index (χ0v) is 9.95. The molecule has 0 atom stereocenters. The SMILES string of the molecule is O=C1c2ccccc2CN1c1ccc([N+](=O)[O-])cc1. The third kappa shape index (κ3) is 1.85. The van der Waals surface area contributed by atoms with E-state index in [0.29, 0.717) is 17.8 Å². The number of non-ortho nitro benzene ring substituents is 1. The third-order valence-electron chi connectivity index (χ3n) is 3.19. The Bertz CT molecular complexity index is 665. The molecule has 0 saturated heterocycles. The molecule has 0 aromatic heterocycles. The molecule has 0 N–H and O–H groups in total. The summed E-state index contributed by atoms with van der Waals surface area (Å²) in [5.74, 6) is -0.0653. The highest BCUT2D eigenvalue weighted by Crippen LogP contribution is 2.29. The van der Waals surface area contributed by atoms with Crippen molar-refractivity contribution in [3.63, 3.8) is 0 Å². The van der Waals surface area contributed by atoms with E-state index in [4.69, 9.17) is 0 Å². The Morgan fingerprint density at radius 3 is 2.37 bits per heavy atom. The van der Waals surface area contributed by atoms with Crippen LogP contribution in [0.15, 0.2) is 48.5 Å². The van der Waals surface area contributed by atoms with Gasteiger partial charge in [0.25, 0.3) is 11.6 Å². The molecule has 0 bridgehead atoms. The minimum absolute atomic E-state index is 0.0212. The van der Waals surface area contributed by atoms with Gasteiger partial charge in [-0.3, -0.25) is 14.9 Å². The monoisotopic (exact) mass is 254 g/mol. The molecule has 3 rings (SSSR count). The highest BCUT2D eigenvalue weighted by atomic mass is 16.6. The molecule has 1 aliphatic heterocycles. The van der Waals surface area contributed by atoms with Crippen LogP contribution in [0.5, 0.6) is 0 Å². The zero-order valence-electron chi connectivity index (χ0n) is 9.95. The van der Waals surface area contributed by atoms with Gasteiger partial charge >= 0.3 is 0 Å². The molecule has 5 nitrogen and oxygen atoms in total. The molecule has 0 radical (unpaired) electrons. The van der Waals surface area contributed by atoms with Crippen molar-refractivity contribution < 1.29 is 9.72 Å². The lowest BCUT2D eigenvalue weighted by Gasteiger charge is -2.15. The van der Waals surface area contributed by atoms with Crippen molar-refractivity contribution in [1.29, 1.82) is 0 Å². The van der Waals surface area contributed by atoms with E-state index in [1.807, 2.05) is 18.2 Å². The Hall–Kier alpha value is -2.69. The molecule has 2 aromatic carbocycles. The second kappa shape index (κ2) is 4.20. The van der Waals surface area contributed by atoms with Crippen LogP contribution in [0.4, 0.5) is 11.4 Å². The molecule has 0 saturated carbocycles. The van der Waals surface area contributed by atoms with E-state index >= 15 is 0 Å². The van der Waals surface area contributed by atoms with Gasteiger partial charge in [0.1, 0.15) is 0 Å². The number of nitro groups is 1. The number of carbonyl (C=O) groups excluding carboxylic acids is 1. The molecule has 0 unspecified atom stereocenters. The summed E-state index contributed by atoms with van der Waals surface area (Å²) in [5.41, 5.74) is 2.37. The van der Waals surface area contributed by atoms with Crippen LogP contribution < -0.4 is 4.90 Å². The molecule has 0 spiro atoms. The number of anilines is 1. The van der Waals surface area contributed by atoms with Gasteiger partial charge in [-0.2, -0.15) is 0 Å². The fraction of sp³-hybridized carbons (Fsp3) is 0.0714. The average Bonchev–Trinajstić information content (AvgIpc) is 2.77. The van der Waals surface area contributed by atoms with E-state index in [2.05, 4.69) is 0 Å². The largest absolute Gasteiger partial charge is 0.304 e. The number of rotatable bonds is 2. The van der Waals surface area contributed by atoms with Crippen molar-refractivity contribution in [1.82, 2.24) is 0 Å². The first-order chi connectivity index (χ1) is 9.16. The standard InChI is InChI=1S/C14H10N2O3/c17-14-13-4-2-1-3-10(13)9-15(14)11-5-7-12(8-6-11)16(18)19/h1-8H,9H2. The molecular formula is C14H10N2O3. The molecule has 19 heavy (non-hydrogen) atoms. The molecule has 1 amide bonds. The Morgan fingerprint density at radius 2 is 1.74 bits per heavy atom. The number of nitrogens with zero attached hydrogens (tertiary/aromatic N) is 2. The summed E-state index contributed by atoms with van der Waals surface area (Å²) in [4.78, 5) is 24.0. The van der Waals surface area contributed by atoms with E-state index in [-0.39, 0.29) is 11.6 Å². The van der Waals surface area contributed by atoms with Gasteiger partial charge in [0.05, 0.1) is 11.5 Å². The number of amides is 1. The maximum atomic E-state index is 12.2. The van der Waals surface area contributed by atoms with Crippen LogP contribution in [-0.2, 0) is 6.54 Å². The fourth-order valence-corrected chi connectivity index (χ4v) is 2.22. The first-order valence-electron chi connectivity index (χ1n) is 5.81. The summed E-state index contributed by atoms with van der Waals surface area (Å²) in [6.07, 6.45) is 0. The number of carbonyl (C=O) groups is 1. The minimum Gasteiger partial charge on any atom is -0.304 e. The van der Waals surface area contributed by atoms with Gasteiger partial charge in [-0.15, -0.1) is 0 Å². The summed E-state index contributed by atoms with van der Waals surface area (Å²) in [6.45, 7) is 0.507. The lowest BCUT2D eigenvalue weighted by atomic mass is 10.1. The first kappa shape index (κ1) is 11.4. The van der Waals surface area contributed by atoms with Gasteiger partial charge in [0.2, 0.25) is 0 Å². The highest BCUT2D eigenvalue weighted by molar-refractivity contribution is 6.09. The molecule has 1 heterocycles. The smallest absolute Gasteiger partial charge is 0.269 e. The van der Waals surface area contributed by atoms with Gasteiger partial charge in [0, 0.05) is 23.4 Å². The summed E-state index contributed by atoms with van der Waals surface area (Å²) >= 11 is 0. The number of nitro benzene ring substituents is 1. The predicted octanol–water partition coefficient (Wildman–Crippen LogP) is 2.76. The lowest BCUT2D eigenvalue weighted by molar-refractivity contribution is -0.384. The Morgan fingerprint density at radius 1 is 1.05 bits per heavy atom. The molecule has 1 aliphatic rings. The van der Waals surface area contributed by atoms with Gasteiger partial charge in [-0.05, 0) is 23.8 Å². The van der Waals surface area contributed by atoms with Crippen molar-refractivity contribution in [3.05, 3.63) is 69.8 Å². The van der Waals surface area contributed by atoms with Crippen molar-refractivity contribution in [2.75, 3.05) is 4.90 Å². The highest BCUT2D eigenvalue weighted by Gasteiger charge is 2.27. The topological polar surface area (TPSA) is 63.5 Å². The van der Waals surface area contributed by atoms with E-state index in [1.54, 1.807) is 23.1 Å². The maximum Gasteiger partial charge on any atom is 0.269 e. The Balaban J connectivity index is 1.93. The van der Waals surface area contributed by atoms with Gasteiger partial charge in [-0.25, -0.2) is 0 Å². The fourth-order valence-electron chi connectivity index (χ4n) is 2.22. The normalized spacial score (nSPS) is 13.5. The quantitative estimate of drug-likeness (QED) is 0.611. The van der Waals surface area contributed by atoms with Crippen molar-refractivity contribution in [3.8, 4) is 0 Å². The molecule has 0 aliphatic carbocycles. The average molecular weight is 254 g/mol. The van der Waals surface area contributed by atoms with E-state index < -0.39 is 4.92 Å².